The van der Waals surface area contributed by atoms with Gasteiger partial charge in [-0.25, -0.2) is 22.5 Å². The fourth-order valence-corrected chi connectivity index (χ4v) is 6.43. The van der Waals surface area contributed by atoms with Gasteiger partial charge in [0.25, 0.3) is 10.0 Å². The highest BCUT2D eigenvalue weighted by Crippen LogP contribution is 2.37. The molecule has 0 radical (unpaired) electrons. The van der Waals surface area contributed by atoms with Gasteiger partial charge in [-0.2, -0.15) is 13.2 Å². The number of anilines is 2. The van der Waals surface area contributed by atoms with Crippen molar-refractivity contribution in [2.45, 2.75) is 17.1 Å². The number of halogens is 4. The zero-order valence-corrected chi connectivity index (χ0v) is 22.4. The van der Waals surface area contributed by atoms with E-state index < -0.39 is 46.3 Å². The van der Waals surface area contributed by atoms with Crippen LogP contribution in [0.1, 0.15) is 5.56 Å². The summed E-state index contributed by atoms with van der Waals surface area (Å²) in [4.78, 5) is 35.1. The largest absolute Gasteiger partial charge is 0.419 e. The second-order valence-electron chi connectivity index (χ2n) is 9.15. The van der Waals surface area contributed by atoms with Gasteiger partial charge in [-0.3, -0.25) is 9.69 Å². The van der Waals surface area contributed by atoms with Crippen molar-refractivity contribution in [1.29, 1.82) is 0 Å². The van der Waals surface area contributed by atoms with E-state index >= 15 is 0 Å². The average molecular weight is 594 g/mol. The van der Waals surface area contributed by atoms with Crippen LogP contribution in [-0.4, -0.2) is 73.3 Å². The molecule has 9 nitrogen and oxygen atoms in total. The number of carbonyl (C=O) groups excluding carboxylic acids is 2. The lowest BCUT2D eigenvalue weighted by Crippen LogP contribution is -2.55. The number of aromatic nitrogens is 1. The van der Waals surface area contributed by atoms with Gasteiger partial charge in [0.05, 0.1) is 27.7 Å². The Morgan fingerprint density at radius 2 is 1.57 bits per heavy atom. The molecule has 0 bridgehead atoms. The summed E-state index contributed by atoms with van der Waals surface area (Å²) in [6, 6.07) is 13.6. The third-order valence-corrected chi connectivity index (χ3v) is 8.85. The first kappa shape index (κ1) is 27.7. The van der Waals surface area contributed by atoms with Crippen molar-refractivity contribution in [3.63, 3.8) is 0 Å². The molecular weight excluding hydrogens is 571 g/mol. The van der Waals surface area contributed by atoms with E-state index in [0.29, 0.717) is 4.31 Å². The molecule has 2 aliphatic heterocycles. The molecule has 2 aromatic carbocycles. The highest BCUT2D eigenvalue weighted by molar-refractivity contribution is 7.89. The molecule has 3 aromatic rings. The van der Waals surface area contributed by atoms with E-state index in [0.717, 1.165) is 11.0 Å². The number of pyridine rings is 1. The fraction of sp³-hybridized carbons (Fsp3) is 0.269. The highest BCUT2D eigenvalue weighted by atomic mass is 35.5. The van der Waals surface area contributed by atoms with Crippen molar-refractivity contribution in [3.8, 4) is 0 Å². The maximum Gasteiger partial charge on any atom is 0.419 e. The van der Waals surface area contributed by atoms with Gasteiger partial charge >= 0.3 is 12.2 Å². The maximum absolute atomic E-state index is 13.8. The summed E-state index contributed by atoms with van der Waals surface area (Å²) in [6.45, 7) is -0.258. The second kappa shape index (κ2) is 10.6. The molecule has 0 spiro atoms. The van der Waals surface area contributed by atoms with Crippen LogP contribution in [0.4, 0.5) is 29.5 Å². The van der Waals surface area contributed by atoms with Crippen LogP contribution in [0.3, 0.4) is 0 Å². The summed E-state index contributed by atoms with van der Waals surface area (Å²) in [5.74, 6) is -0.772. The first-order valence-corrected chi connectivity index (χ1v) is 14.0. The molecule has 5 rings (SSSR count). The van der Waals surface area contributed by atoms with Crippen LogP contribution >= 0.6 is 11.6 Å². The number of hydrogen-bond acceptors (Lipinski definition) is 6. The van der Waals surface area contributed by atoms with Crippen molar-refractivity contribution < 1.29 is 31.2 Å². The van der Waals surface area contributed by atoms with Crippen molar-refractivity contribution in [2.75, 3.05) is 42.5 Å². The highest BCUT2D eigenvalue weighted by Gasteiger charge is 2.49. The van der Waals surface area contributed by atoms with Crippen LogP contribution in [0.15, 0.2) is 77.8 Å². The zero-order chi connectivity index (χ0) is 28.7. The first-order chi connectivity index (χ1) is 19.0. The molecule has 0 aliphatic carbocycles. The van der Waals surface area contributed by atoms with Crippen molar-refractivity contribution in [2.24, 2.45) is 0 Å². The number of hydrogen-bond donors (Lipinski definition) is 0. The molecular formula is C26H23ClF3N5O4S. The van der Waals surface area contributed by atoms with Crippen LogP contribution in [0.5, 0.6) is 0 Å². The summed E-state index contributed by atoms with van der Waals surface area (Å²) >= 11 is 6.35. The molecule has 2 saturated heterocycles. The number of urea groups is 1. The Labute approximate surface area is 233 Å². The molecule has 0 saturated carbocycles. The minimum absolute atomic E-state index is 0.0409. The Morgan fingerprint density at radius 3 is 2.23 bits per heavy atom. The Morgan fingerprint density at radius 1 is 0.925 bits per heavy atom. The third kappa shape index (κ3) is 5.06. The molecule has 1 atom stereocenters. The van der Waals surface area contributed by atoms with E-state index in [-0.39, 0.29) is 47.6 Å². The van der Waals surface area contributed by atoms with Crippen molar-refractivity contribution >= 4 is 45.1 Å². The van der Waals surface area contributed by atoms with Crippen LogP contribution in [0.25, 0.3) is 0 Å². The number of rotatable bonds is 5. The van der Waals surface area contributed by atoms with Crippen LogP contribution in [-0.2, 0) is 21.0 Å². The molecule has 3 amide bonds. The van der Waals surface area contributed by atoms with Gasteiger partial charge in [0, 0.05) is 32.4 Å². The summed E-state index contributed by atoms with van der Waals surface area (Å²) in [5.41, 5.74) is -0.706. The van der Waals surface area contributed by atoms with Gasteiger partial charge in [-0.1, -0.05) is 41.9 Å². The monoisotopic (exact) mass is 593 g/mol. The Kier molecular flexibility index (Phi) is 7.36. The molecule has 1 aromatic heterocycles. The number of alkyl halides is 3. The smallest absolute Gasteiger partial charge is 0.353 e. The van der Waals surface area contributed by atoms with Gasteiger partial charge in [0.15, 0.2) is 0 Å². The van der Waals surface area contributed by atoms with Crippen LogP contribution in [0.2, 0.25) is 5.02 Å². The van der Waals surface area contributed by atoms with E-state index in [4.69, 9.17) is 11.6 Å². The predicted octanol–water partition coefficient (Wildman–Crippen LogP) is 4.10. The summed E-state index contributed by atoms with van der Waals surface area (Å²) in [7, 11) is -4.30. The number of nitrogens with zero attached hydrogens (tertiary/aromatic N) is 5. The number of amides is 3. The van der Waals surface area contributed by atoms with Gasteiger partial charge in [-0.15, -0.1) is 0 Å². The van der Waals surface area contributed by atoms with Gasteiger partial charge in [-0.05, 0) is 36.4 Å². The second-order valence-corrected chi connectivity index (χ2v) is 11.4. The summed E-state index contributed by atoms with van der Waals surface area (Å²) in [6.07, 6.45) is -3.32. The molecule has 3 heterocycles. The topological polar surface area (TPSA) is 94.1 Å². The zero-order valence-electron chi connectivity index (χ0n) is 20.8. The predicted molar refractivity (Wildman–Crippen MR) is 141 cm³/mol. The SMILES string of the molecule is O=C(C1CN(S(=O)(=O)c2ccccc2)C(=O)N1c1ccccc1Cl)N1CCN(c2ncccc2C(F)(F)F)CC1. The minimum atomic E-state index is -4.59. The Bertz CT molecular complexity index is 1530. The summed E-state index contributed by atoms with van der Waals surface area (Å²) < 4.78 is 67.9. The van der Waals surface area contributed by atoms with E-state index in [2.05, 4.69) is 4.98 Å². The lowest BCUT2D eigenvalue weighted by Gasteiger charge is -2.38. The summed E-state index contributed by atoms with van der Waals surface area (Å²) in [5, 5.41) is 0.146. The van der Waals surface area contributed by atoms with Crippen LogP contribution < -0.4 is 9.80 Å². The van der Waals surface area contributed by atoms with E-state index in [9.17, 15) is 31.2 Å². The molecule has 14 heteroatoms. The Balaban J connectivity index is 1.41. The third-order valence-electron chi connectivity index (χ3n) is 6.78. The number of piperazine rings is 1. The number of sulfonamides is 1. The molecule has 2 aliphatic rings. The number of para-hydroxylation sites is 1. The van der Waals surface area contributed by atoms with Gasteiger partial charge < -0.3 is 9.80 Å². The van der Waals surface area contributed by atoms with Crippen LogP contribution in [0, 0.1) is 0 Å². The molecule has 210 valence electrons. The van der Waals surface area contributed by atoms with E-state index in [1.165, 1.54) is 58.5 Å². The minimum Gasteiger partial charge on any atom is -0.353 e. The van der Waals surface area contributed by atoms with Crippen molar-refractivity contribution in [3.05, 3.63) is 83.5 Å². The molecule has 40 heavy (non-hydrogen) atoms. The number of carbonyl (C=O) groups is 2. The van der Waals surface area contributed by atoms with Crippen molar-refractivity contribution in [1.82, 2.24) is 14.2 Å². The number of benzene rings is 2. The maximum atomic E-state index is 13.8. The molecule has 1 unspecified atom stereocenters. The standard InChI is InChI=1S/C26H23ClF3N5O4S/c27-20-10-4-5-11-21(20)35-22(17-34(25(35)37)40(38,39)18-7-2-1-3-8-18)24(36)33-15-13-32(14-16-33)23-19(26(28,29)30)9-6-12-31-23/h1-12,22H,13-17H2. The normalized spacial score (nSPS) is 18.4. The van der Waals surface area contributed by atoms with E-state index in [1.807, 2.05) is 0 Å². The first-order valence-electron chi connectivity index (χ1n) is 12.2. The fourth-order valence-electron chi connectivity index (χ4n) is 4.82. The molecule has 2 fully saturated rings. The van der Waals surface area contributed by atoms with Gasteiger partial charge in [0.2, 0.25) is 5.91 Å². The lowest BCUT2D eigenvalue weighted by molar-refractivity contribution is -0.137. The van der Waals surface area contributed by atoms with E-state index in [1.54, 1.807) is 18.2 Å². The average Bonchev–Trinajstić information content (AvgIpc) is 3.30. The Hall–Kier alpha value is -3.84. The quantitative estimate of drug-likeness (QED) is 0.442. The van der Waals surface area contributed by atoms with Gasteiger partial charge in [0.1, 0.15) is 11.9 Å². The molecule has 0 N–H and O–H groups in total. The lowest BCUT2D eigenvalue weighted by atomic mass is 10.1.